The number of hydrogen-bond donors (Lipinski definition) is 0. The Balaban J connectivity index is 1.52. The molecule has 0 radical (unpaired) electrons. The van der Waals surface area contributed by atoms with Crippen LogP contribution in [-0.4, -0.2) is 47.4 Å². The molecule has 0 spiro atoms. The van der Waals surface area contributed by atoms with E-state index in [4.69, 9.17) is 4.74 Å². The molecule has 0 N–H and O–H groups in total. The van der Waals surface area contributed by atoms with Crippen LogP contribution in [0, 0.1) is 6.92 Å². The molecule has 2 aromatic carbocycles. The number of carbonyl (C=O) groups is 2. The SMILES string of the molecule is Cc1ccccc1C(=O)N(CC(=O)N1CCc2sccc2[C@H]1COc1ccc(C(C)C)cc1)C(C)C. The van der Waals surface area contributed by atoms with Crippen LogP contribution in [0.2, 0.25) is 0 Å². The molecule has 0 bridgehead atoms. The minimum absolute atomic E-state index is 0.0455. The predicted octanol–water partition coefficient (Wildman–Crippen LogP) is 6.24. The summed E-state index contributed by atoms with van der Waals surface area (Å²) in [6.45, 7) is 11.2. The van der Waals surface area contributed by atoms with E-state index in [1.165, 1.54) is 10.4 Å². The van der Waals surface area contributed by atoms with Crippen LogP contribution in [0.15, 0.2) is 60.0 Å². The zero-order chi connectivity index (χ0) is 25.8. The molecule has 2 heterocycles. The first kappa shape index (κ1) is 26.0. The molecule has 1 atom stereocenters. The zero-order valence-electron chi connectivity index (χ0n) is 21.9. The van der Waals surface area contributed by atoms with Crippen LogP contribution in [0.25, 0.3) is 0 Å². The maximum Gasteiger partial charge on any atom is 0.254 e. The second-order valence-corrected chi connectivity index (χ2v) is 11.0. The van der Waals surface area contributed by atoms with Gasteiger partial charge in [-0.05, 0) is 79.4 Å². The van der Waals surface area contributed by atoms with Crippen LogP contribution in [0.4, 0.5) is 0 Å². The summed E-state index contributed by atoms with van der Waals surface area (Å²) < 4.78 is 6.20. The van der Waals surface area contributed by atoms with E-state index >= 15 is 0 Å². The van der Waals surface area contributed by atoms with Crippen LogP contribution in [0.1, 0.15) is 71.6 Å². The largest absolute Gasteiger partial charge is 0.491 e. The fraction of sp³-hybridized carbons (Fsp3) is 0.400. The molecule has 1 aromatic heterocycles. The van der Waals surface area contributed by atoms with Crippen molar-refractivity contribution in [1.82, 2.24) is 9.80 Å². The summed E-state index contributed by atoms with van der Waals surface area (Å²) in [7, 11) is 0. The highest BCUT2D eigenvalue weighted by atomic mass is 32.1. The molecule has 0 fully saturated rings. The average molecular weight is 505 g/mol. The second kappa shape index (κ2) is 11.3. The molecule has 190 valence electrons. The maximum atomic E-state index is 13.7. The summed E-state index contributed by atoms with van der Waals surface area (Å²) in [4.78, 5) is 32.0. The number of aryl methyl sites for hydroxylation is 1. The van der Waals surface area contributed by atoms with Crippen molar-refractivity contribution < 1.29 is 14.3 Å². The molecule has 0 unspecified atom stereocenters. The highest BCUT2D eigenvalue weighted by molar-refractivity contribution is 7.10. The van der Waals surface area contributed by atoms with Crippen LogP contribution >= 0.6 is 11.3 Å². The number of rotatable bonds is 8. The van der Waals surface area contributed by atoms with Crippen LogP contribution in [0.3, 0.4) is 0 Å². The maximum absolute atomic E-state index is 13.7. The van der Waals surface area contributed by atoms with Gasteiger partial charge in [-0.1, -0.05) is 44.2 Å². The van der Waals surface area contributed by atoms with Gasteiger partial charge in [0.2, 0.25) is 5.91 Å². The Morgan fingerprint density at radius 2 is 1.78 bits per heavy atom. The van der Waals surface area contributed by atoms with Crippen molar-refractivity contribution in [2.24, 2.45) is 0 Å². The lowest BCUT2D eigenvalue weighted by Crippen LogP contribution is -2.49. The topological polar surface area (TPSA) is 49.9 Å². The summed E-state index contributed by atoms with van der Waals surface area (Å²) in [6.07, 6.45) is 0.825. The van der Waals surface area contributed by atoms with Gasteiger partial charge in [-0.25, -0.2) is 0 Å². The van der Waals surface area contributed by atoms with Gasteiger partial charge in [0.15, 0.2) is 0 Å². The minimum Gasteiger partial charge on any atom is -0.491 e. The Bertz CT molecular complexity index is 1200. The highest BCUT2D eigenvalue weighted by Gasteiger charge is 2.34. The van der Waals surface area contributed by atoms with Gasteiger partial charge in [-0.2, -0.15) is 0 Å². The van der Waals surface area contributed by atoms with Gasteiger partial charge in [0.05, 0.1) is 6.04 Å². The number of fused-ring (bicyclic) bond motifs is 1. The number of carbonyl (C=O) groups excluding carboxylic acids is 2. The lowest BCUT2D eigenvalue weighted by molar-refractivity contribution is -0.136. The first-order valence-electron chi connectivity index (χ1n) is 12.7. The standard InChI is InChI=1S/C30H36N2O3S/c1-20(2)23-10-12-24(13-11-23)35-19-27-26-15-17-36-28(26)14-16-31(27)29(33)18-32(21(3)4)30(34)25-9-7-6-8-22(25)5/h6-13,15,17,20-21,27H,14,16,18-19H2,1-5H3/t27-/m1/s1. The number of benzene rings is 2. The Morgan fingerprint density at radius 1 is 1.06 bits per heavy atom. The third-order valence-electron chi connectivity index (χ3n) is 6.94. The monoisotopic (exact) mass is 504 g/mol. The molecule has 4 rings (SSSR count). The van der Waals surface area contributed by atoms with Gasteiger partial charge in [0.1, 0.15) is 18.9 Å². The fourth-order valence-electron chi connectivity index (χ4n) is 4.69. The molecule has 3 aromatic rings. The Morgan fingerprint density at radius 3 is 2.44 bits per heavy atom. The van der Waals surface area contributed by atoms with Gasteiger partial charge < -0.3 is 14.5 Å². The van der Waals surface area contributed by atoms with E-state index in [-0.39, 0.29) is 30.4 Å². The van der Waals surface area contributed by atoms with Gasteiger partial charge >= 0.3 is 0 Å². The fourth-order valence-corrected chi connectivity index (χ4v) is 5.62. The summed E-state index contributed by atoms with van der Waals surface area (Å²) in [5, 5.41) is 2.09. The molecule has 5 nitrogen and oxygen atoms in total. The molecule has 1 aliphatic rings. The zero-order valence-corrected chi connectivity index (χ0v) is 22.7. The number of ether oxygens (including phenoxy) is 1. The number of amides is 2. The summed E-state index contributed by atoms with van der Waals surface area (Å²) >= 11 is 1.73. The summed E-state index contributed by atoms with van der Waals surface area (Å²) in [5.41, 5.74) is 3.97. The van der Waals surface area contributed by atoms with E-state index < -0.39 is 0 Å². The van der Waals surface area contributed by atoms with Crippen LogP contribution in [-0.2, 0) is 11.2 Å². The molecule has 0 aliphatic carbocycles. The third-order valence-corrected chi connectivity index (χ3v) is 7.93. The lowest BCUT2D eigenvalue weighted by Gasteiger charge is -2.37. The Labute approximate surface area is 218 Å². The molecular formula is C30H36N2O3S. The molecule has 0 saturated carbocycles. The quantitative estimate of drug-likeness (QED) is 0.365. The number of thiophene rings is 1. The van der Waals surface area contributed by atoms with Gasteiger partial charge in [-0.15, -0.1) is 11.3 Å². The normalized spacial score (nSPS) is 15.2. The van der Waals surface area contributed by atoms with Crippen molar-refractivity contribution in [2.75, 3.05) is 19.7 Å². The van der Waals surface area contributed by atoms with Gasteiger partial charge in [-0.3, -0.25) is 9.59 Å². The summed E-state index contributed by atoms with van der Waals surface area (Å²) in [6, 6.07) is 17.6. The second-order valence-electron chi connectivity index (χ2n) is 10.0. The van der Waals surface area contributed by atoms with E-state index in [2.05, 4.69) is 37.4 Å². The van der Waals surface area contributed by atoms with Crippen LogP contribution < -0.4 is 4.74 Å². The van der Waals surface area contributed by atoms with Crippen molar-refractivity contribution in [2.45, 2.75) is 59.0 Å². The van der Waals surface area contributed by atoms with Crippen molar-refractivity contribution in [3.63, 3.8) is 0 Å². The van der Waals surface area contributed by atoms with E-state index in [9.17, 15) is 9.59 Å². The minimum atomic E-state index is -0.181. The van der Waals surface area contributed by atoms with Crippen molar-refractivity contribution in [1.29, 1.82) is 0 Å². The molecule has 0 saturated heterocycles. The lowest BCUT2D eigenvalue weighted by atomic mass is 10.00. The van der Waals surface area contributed by atoms with E-state index in [0.717, 1.165) is 23.3 Å². The van der Waals surface area contributed by atoms with Crippen LogP contribution in [0.5, 0.6) is 5.75 Å². The first-order chi connectivity index (χ1) is 17.3. The molecule has 1 aliphatic heterocycles. The van der Waals surface area contributed by atoms with E-state index in [0.29, 0.717) is 24.6 Å². The van der Waals surface area contributed by atoms with Gasteiger partial charge in [0.25, 0.3) is 5.91 Å². The average Bonchev–Trinajstić information content (AvgIpc) is 3.35. The highest BCUT2D eigenvalue weighted by Crippen LogP contribution is 2.34. The Hall–Kier alpha value is -3.12. The van der Waals surface area contributed by atoms with E-state index in [1.54, 1.807) is 16.2 Å². The third kappa shape index (κ3) is 5.65. The Kier molecular flexibility index (Phi) is 8.14. The molecular weight excluding hydrogens is 468 g/mol. The number of nitrogens with zero attached hydrogens (tertiary/aromatic N) is 2. The molecule has 2 amide bonds. The smallest absolute Gasteiger partial charge is 0.254 e. The predicted molar refractivity (Wildman–Crippen MR) is 146 cm³/mol. The van der Waals surface area contributed by atoms with Crippen molar-refractivity contribution >= 4 is 23.2 Å². The van der Waals surface area contributed by atoms with Crippen molar-refractivity contribution in [3.8, 4) is 5.75 Å². The van der Waals surface area contributed by atoms with Crippen molar-refractivity contribution in [3.05, 3.63) is 87.1 Å². The van der Waals surface area contributed by atoms with E-state index in [1.807, 2.05) is 62.1 Å². The number of hydrogen-bond acceptors (Lipinski definition) is 4. The first-order valence-corrected chi connectivity index (χ1v) is 13.6. The molecule has 36 heavy (non-hydrogen) atoms. The summed E-state index contributed by atoms with van der Waals surface area (Å²) in [5.74, 6) is 1.10. The van der Waals surface area contributed by atoms with Gasteiger partial charge in [0, 0.05) is 23.0 Å². The molecule has 6 heteroatoms.